The lowest BCUT2D eigenvalue weighted by Crippen LogP contribution is -2.46. The third kappa shape index (κ3) is 3.26. The van der Waals surface area contributed by atoms with Gasteiger partial charge in [-0.3, -0.25) is 9.88 Å². The lowest BCUT2D eigenvalue weighted by Gasteiger charge is -2.36. The lowest BCUT2D eigenvalue weighted by atomic mass is 10.1. The van der Waals surface area contributed by atoms with Crippen molar-refractivity contribution in [2.75, 3.05) is 31.1 Å². The maximum atomic E-state index is 4.80. The predicted octanol–water partition coefficient (Wildman–Crippen LogP) is 3.87. The molecule has 0 atom stereocenters. The number of hydrogen-bond donors (Lipinski definition) is 0. The van der Waals surface area contributed by atoms with Gasteiger partial charge in [-0.2, -0.15) is 0 Å². The number of anilines is 1. The van der Waals surface area contributed by atoms with Gasteiger partial charge in [0.25, 0.3) is 0 Å². The standard InChI is InChI=1S/C21H23N3/c1-17-5-4-7-20(15-17)24-13-11-23(12-14-24)16-19-10-9-18-6-2-3-8-21(18)22-19/h2-10,15H,11-14,16H2,1H3. The van der Waals surface area contributed by atoms with Gasteiger partial charge in [-0.1, -0.05) is 36.4 Å². The molecule has 0 radical (unpaired) electrons. The summed E-state index contributed by atoms with van der Waals surface area (Å²) in [6.45, 7) is 7.43. The van der Waals surface area contributed by atoms with Gasteiger partial charge < -0.3 is 4.90 Å². The van der Waals surface area contributed by atoms with E-state index in [2.05, 4.69) is 77.4 Å². The summed E-state index contributed by atoms with van der Waals surface area (Å²) in [7, 11) is 0. The molecule has 1 saturated heterocycles. The summed E-state index contributed by atoms with van der Waals surface area (Å²) in [5.74, 6) is 0. The summed E-state index contributed by atoms with van der Waals surface area (Å²) in [4.78, 5) is 9.79. The van der Waals surface area contributed by atoms with Gasteiger partial charge in [0.05, 0.1) is 11.2 Å². The fraction of sp³-hybridized carbons (Fsp3) is 0.286. The molecule has 3 nitrogen and oxygen atoms in total. The van der Waals surface area contributed by atoms with E-state index in [9.17, 15) is 0 Å². The molecule has 1 aliphatic rings. The van der Waals surface area contributed by atoms with E-state index in [1.807, 2.05) is 0 Å². The Morgan fingerprint density at radius 1 is 0.875 bits per heavy atom. The van der Waals surface area contributed by atoms with Crippen molar-refractivity contribution in [3.8, 4) is 0 Å². The highest BCUT2D eigenvalue weighted by atomic mass is 15.3. The summed E-state index contributed by atoms with van der Waals surface area (Å²) in [5.41, 5.74) is 4.93. The predicted molar refractivity (Wildman–Crippen MR) is 100 cm³/mol. The molecule has 24 heavy (non-hydrogen) atoms. The van der Waals surface area contributed by atoms with Crippen LogP contribution < -0.4 is 4.90 Å². The monoisotopic (exact) mass is 317 g/mol. The van der Waals surface area contributed by atoms with Crippen molar-refractivity contribution < 1.29 is 0 Å². The minimum absolute atomic E-state index is 0.937. The second kappa shape index (κ2) is 6.62. The molecule has 122 valence electrons. The number of para-hydroxylation sites is 1. The average molecular weight is 317 g/mol. The largest absolute Gasteiger partial charge is 0.369 e. The van der Waals surface area contributed by atoms with E-state index in [0.29, 0.717) is 0 Å². The van der Waals surface area contributed by atoms with Crippen LogP contribution in [0.1, 0.15) is 11.3 Å². The average Bonchev–Trinajstić information content (AvgIpc) is 2.62. The highest BCUT2D eigenvalue weighted by molar-refractivity contribution is 5.78. The fourth-order valence-corrected chi connectivity index (χ4v) is 3.41. The molecule has 1 fully saturated rings. The van der Waals surface area contributed by atoms with E-state index in [-0.39, 0.29) is 0 Å². The third-order valence-electron chi connectivity index (χ3n) is 4.78. The van der Waals surface area contributed by atoms with Crippen LogP contribution in [-0.2, 0) is 6.54 Å². The van der Waals surface area contributed by atoms with E-state index in [0.717, 1.165) is 43.9 Å². The van der Waals surface area contributed by atoms with Gasteiger partial charge in [0.1, 0.15) is 0 Å². The Labute approximate surface area is 143 Å². The fourth-order valence-electron chi connectivity index (χ4n) is 3.41. The van der Waals surface area contributed by atoms with Crippen molar-refractivity contribution in [1.29, 1.82) is 0 Å². The number of benzene rings is 2. The van der Waals surface area contributed by atoms with E-state index < -0.39 is 0 Å². The Bertz CT molecular complexity index is 835. The summed E-state index contributed by atoms with van der Waals surface area (Å²) < 4.78 is 0. The second-order valence-electron chi connectivity index (χ2n) is 6.60. The number of hydrogen-bond acceptors (Lipinski definition) is 3. The zero-order valence-electron chi connectivity index (χ0n) is 14.2. The molecule has 0 saturated carbocycles. The first-order valence-corrected chi connectivity index (χ1v) is 8.66. The zero-order valence-corrected chi connectivity index (χ0v) is 14.2. The summed E-state index contributed by atoms with van der Waals surface area (Å²) in [5, 5.41) is 1.21. The first-order chi connectivity index (χ1) is 11.8. The molecular formula is C21H23N3. The van der Waals surface area contributed by atoms with Crippen molar-refractivity contribution in [2.24, 2.45) is 0 Å². The van der Waals surface area contributed by atoms with Crippen molar-refractivity contribution in [1.82, 2.24) is 9.88 Å². The Hall–Kier alpha value is -2.39. The second-order valence-corrected chi connectivity index (χ2v) is 6.60. The Kier molecular flexibility index (Phi) is 4.18. The maximum Gasteiger partial charge on any atom is 0.0705 e. The first-order valence-electron chi connectivity index (χ1n) is 8.66. The smallest absolute Gasteiger partial charge is 0.0705 e. The van der Waals surface area contributed by atoms with Gasteiger partial charge in [0.2, 0.25) is 0 Å². The summed E-state index contributed by atoms with van der Waals surface area (Å²) in [6.07, 6.45) is 0. The highest BCUT2D eigenvalue weighted by Gasteiger charge is 2.17. The van der Waals surface area contributed by atoms with Crippen molar-refractivity contribution >= 4 is 16.6 Å². The Morgan fingerprint density at radius 2 is 1.71 bits per heavy atom. The number of fused-ring (bicyclic) bond motifs is 1. The molecule has 3 heteroatoms. The highest BCUT2D eigenvalue weighted by Crippen LogP contribution is 2.19. The number of aromatic nitrogens is 1. The van der Waals surface area contributed by atoms with Gasteiger partial charge >= 0.3 is 0 Å². The number of piperazine rings is 1. The first kappa shape index (κ1) is 15.2. The topological polar surface area (TPSA) is 19.4 Å². The molecule has 0 spiro atoms. The summed E-state index contributed by atoms with van der Waals surface area (Å²) >= 11 is 0. The summed E-state index contributed by atoms with van der Waals surface area (Å²) in [6, 6.07) is 21.5. The lowest BCUT2D eigenvalue weighted by molar-refractivity contribution is 0.247. The molecule has 1 aromatic heterocycles. The molecule has 2 aromatic carbocycles. The van der Waals surface area contributed by atoms with E-state index in [1.165, 1.54) is 16.6 Å². The molecule has 1 aliphatic heterocycles. The quantitative estimate of drug-likeness (QED) is 0.731. The van der Waals surface area contributed by atoms with Crippen molar-refractivity contribution in [3.05, 3.63) is 71.9 Å². The van der Waals surface area contributed by atoms with Gasteiger partial charge in [-0.05, 0) is 36.8 Å². The van der Waals surface area contributed by atoms with Crippen LogP contribution in [-0.4, -0.2) is 36.1 Å². The van der Waals surface area contributed by atoms with Gasteiger partial charge in [0.15, 0.2) is 0 Å². The molecule has 0 bridgehead atoms. The van der Waals surface area contributed by atoms with E-state index in [1.54, 1.807) is 0 Å². The van der Waals surface area contributed by atoms with E-state index >= 15 is 0 Å². The van der Waals surface area contributed by atoms with Crippen molar-refractivity contribution in [3.63, 3.8) is 0 Å². The molecule has 0 aliphatic carbocycles. The number of pyridine rings is 1. The number of aryl methyl sites for hydroxylation is 1. The minimum Gasteiger partial charge on any atom is -0.369 e. The van der Waals surface area contributed by atoms with Crippen LogP contribution in [0.4, 0.5) is 5.69 Å². The molecule has 0 unspecified atom stereocenters. The number of nitrogens with zero attached hydrogens (tertiary/aromatic N) is 3. The van der Waals surface area contributed by atoms with Gasteiger partial charge in [0, 0.05) is 43.8 Å². The van der Waals surface area contributed by atoms with Crippen LogP contribution in [0.2, 0.25) is 0 Å². The normalized spacial score (nSPS) is 15.8. The Morgan fingerprint density at radius 3 is 2.54 bits per heavy atom. The molecule has 2 heterocycles. The van der Waals surface area contributed by atoms with Crippen molar-refractivity contribution in [2.45, 2.75) is 13.5 Å². The van der Waals surface area contributed by atoms with Crippen LogP contribution in [0, 0.1) is 6.92 Å². The minimum atomic E-state index is 0.937. The molecule has 3 aromatic rings. The number of rotatable bonds is 3. The third-order valence-corrected chi connectivity index (χ3v) is 4.78. The van der Waals surface area contributed by atoms with Gasteiger partial charge in [-0.15, -0.1) is 0 Å². The van der Waals surface area contributed by atoms with E-state index in [4.69, 9.17) is 4.98 Å². The van der Waals surface area contributed by atoms with Crippen LogP contribution in [0.25, 0.3) is 10.9 Å². The SMILES string of the molecule is Cc1cccc(N2CCN(Cc3ccc4ccccc4n3)CC2)c1. The van der Waals surface area contributed by atoms with Gasteiger partial charge in [-0.25, -0.2) is 0 Å². The Balaban J connectivity index is 1.40. The van der Waals surface area contributed by atoms with Crippen LogP contribution in [0.15, 0.2) is 60.7 Å². The molecular weight excluding hydrogens is 294 g/mol. The molecule has 0 N–H and O–H groups in total. The van der Waals surface area contributed by atoms with Crippen LogP contribution >= 0.6 is 0 Å². The van der Waals surface area contributed by atoms with Crippen LogP contribution in [0.3, 0.4) is 0 Å². The molecule has 4 rings (SSSR count). The van der Waals surface area contributed by atoms with Crippen LogP contribution in [0.5, 0.6) is 0 Å². The maximum absolute atomic E-state index is 4.80. The molecule has 0 amide bonds. The zero-order chi connectivity index (χ0) is 16.4.